The maximum absolute atomic E-state index is 13.5. The van der Waals surface area contributed by atoms with E-state index in [1.807, 2.05) is 6.92 Å². The molecule has 2 rings (SSSR count). The van der Waals surface area contributed by atoms with Crippen LogP contribution in [0.25, 0.3) is 0 Å². The zero-order valence-electron chi connectivity index (χ0n) is 10.7. The van der Waals surface area contributed by atoms with Crippen molar-refractivity contribution in [3.8, 4) is 0 Å². The van der Waals surface area contributed by atoms with Crippen LogP contribution in [-0.2, 0) is 11.3 Å². The standard InChI is InChI=1S/C13H16F2N2O.ClH/c1-2-17(13(18)9-6-16-7-9)8-10-11(14)4-3-5-12(10)15;/h3-5,9,16H,2,6-8H2,1H3;1H. The van der Waals surface area contributed by atoms with Crippen molar-refractivity contribution in [2.45, 2.75) is 13.5 Å². The predicted octanol–water partition coefficient (Wildman–Crippen LogP) is 1.95. The second-order valence-electron chi connectivity index (χ2n) is 4.41. The number of hydrogen-bond donors (Lipinski definition) is 1. The van der Waals surface area contributed by atoms with Gasteiger partial charge in [-0.25, -0.2) is 8.78 Å². The summed E-state index contributed by atoms with van der Waals surface area (Å²) in [7, 11) is 0. The number of benzene rings is 1. The van der Waals surface area contributed by atoms with E-state index in [9.17, 15) is 13.6 Å². The van der Waals surface area contributed by atoms with Crippen molar-refractivity contribution in [3.63, 3.8) is 0 Å². The Kier molecular flexibility index (Phi) is 5.69. The van der Waals surface area contributed by atoms with E-state index < -0.39 is 11.6 Å². The van der Waals surface area contributed by atoms with Crippen molar-refractivity contribution in [2.75, 3.05) is 19.6 Å². The summed E-state index contributed by atoms with van der Waals surface area (Å²) in [6.45, 7) is 3.54. The lowest BCUT2D eigenvalue weighted by Crippen LogP contribution is -2.51. The molecule has 0 bridgehead atoms. The molecule has 3 nitrogen and oxygen atoms in total. The van der Waals surface area contributed by atoms with Gasteiger partial charge in [-0.05, 0) is 19.1 Å². The first-order valence-corrected chi connectivity index (χ1v) is 6.06. The van der Waals surface area contributed by atoms with Crippen LogP contribution >= 0.6 is 12.4 Å². The van der Waals surface area contributed by atoms with Crippen molar-refractivity contribution in [1.29, 1.82) is 0 Å². The average Bonchev–Trinajstić information content (AvgIpc) is 2.26. The minimum absolute atomic E-state index is 0. The molecule has 1 amide bonds. The van der Waals surface area contributed by atoms with Gasteiger partial charge in [0.2, 0.25) is 5.91 Å². The number of carbonyl (C=O) groups is 1. The van der Waals surface area contributed by atoms with E-state index in [0.29, 0.717) is 19.6 Å². The van der Waals surface area contributed by atoms with Gasteiger partial charge >= 0.3 is 0 Å². The summed E-state index contributed by atoms with van der Waals surface area (Å²) in [4.78, 5) is 13.5. The van der Waals surface area contributed by atoms with Gasteiger partial charge in [-0.3, -0.25) is 4.79 Å². The highest BCUT2D eigenvalue weighted by molar-refractivity contribution is 5.85. The minimum Gasteiger partial charge on any atom is -0.338 e. The summed E-state index contributed by atoms with van der Waals surface area (Å²) < 4.78 is 27.0. The molecule has 106 valence electrons. The summed E-state index contributed by atoms with van der Waals surface area (Å²) in [6, 6.07) is 3.74. The van der Waals surface area contributed by atoms with Gasteiger partial charge in [0.05, 0.1) is 12.5 Å². The predicted molar refractivity (Wildman–Crippen MR) is 71.1 cm³/mol. The number of nitrogens with zero attached hydrogens (tertiary/aromatic N) is 1. The average molecular weight is 291 g/mol. The topological polar surface area (TPSA) is 32.3 Å². The van der Waals surface area contributed by atoms with Crippen LogP contribution in [0.3, 0.4) is 0 Å². The molecule has 0 atom stereocenters. The molecular formula is C13H17ClF2N2O. The van der Waals surface area contributed by atoms with Crippen LogP contribution in [0.2, 0.25) is 0 Å². The van der Waals surface area contributed by atoms with Crippen LogP contribution in [0.15, 0.2) is 18.2 Å². The fourth-order valence-electron chi connectivity index (χ4n) is 1.94. The minimum atomic E-state index is -0.604. The van der Waals surface area contributed by atoms with E-state index in [1.54, 1.807) is 0 Å². The monoisotopic (exact) mass is 290 g/mol. The van der Waals surface area contributed by atoms with Gasteiger partial charge in [0, 0.05) is 25.2 Å². The van der Waals surface area contributed by atoms with Gasteiger partial charge in [-0.1, -0.05) is 6.07 Å². The van der Waals surface area contributed by atoms with Gasteiger partial charge in [-0.2, -0.15) is 0 Å². The van der Waals surface area contributed by atoms with E-state index in [1.165, 1.54) is 23.1 Å². The number of carbonyl (C=O) groups excluding carboxylic acids is 1. The molecule has 1 saturated heterocycles. The fraction of sp³-hybridized carbons (Fsp3) is 0.462. The molecule has 1 fully saturated rings. The molecule has 1 aliphatic heterocycles. The molecule has 6 heteroatoms. The Morgan fingerprint density at radius 3 is 2.37 bits per heavy atom. The molecule has 19 heavy (non-hydrogen) atoms. The van der Waals surface area contributed by atoms with Crippen LogP contribution in [-0.4, -0.2) is 30.4 Å². The van der Waals surface area contributed by atoms with Crippen LogP contribution in [0.1, 0.15) is 12.5 Å². The molecule has 1 aliphatic rings. The Morgan fingerprint density at radius 2 is 1.95 bits per heavy atom. The number of rotatable bonds is 4. The molecule has 0 radical (unpaired) electrons. The maximum Gasteiger partial charge on any atom is 0.228 e. The van der Waals surface area contributed by atoms with Crippen molar-refractivity contribution in [3.05, 3.63) is 35.4 Å². The van der Waals surface area contributed by atoms with E-state index in [4.69, 9.17) is 0 Å². The van der Waals surface area contributed by atoms with Crippen molar-refractivity contribution in [1.82, 2.24) is 10.2 Å². The molecule has 0 spiro atoms. The summed E-state index contributed by atoms with van der Waals surface area (Å²) in [5.41, 5.74) is -0.0417. The van der Waals surface area contributed by atoms with Crippen LogP contribution < -0.4 is 5.32 Å². The van der Waals surface area contributed by atoms with Crippen molar-refractivity contribution in [2.24, 2.45) is 5.92 Å². The molecule has 0 aliphatic carbocycles. The van der Waals surface area contributed by atoms with Crippen molar-refractivity contribution < 1.29 is 13.6 Å². The molecule has 1 aromatic rings. The van der Waals surface area contributed by atoms with E-state index in [-0.39, 0.29) is 36.3 Å². The van der Waals surface area contributed by atoms with E-state index in [0.717, 1.165) is 0 Å². The second kappa shape index (κ2) is 6.82. The zero-order valence-corrected chi connectivity index (χ0v) is 11.5. The third-order valence-corrected chi connectivity index (χ3v) is 3.23. The van der Waals surface area contributed by atoms with Gasteiger partial charge in [0.25, 0.3) is 0 Å². The van der Waals surface area contributed by atoms with E-state index in [2.05, 4.69) is 5.32 Å². The quantitative estimate of drug-likeness (QED) is 0.919. The molecular weight excluding hydrogens is 274 g/mol. The molecule has 1 N–H and O–H groups in total. The normalized spacial score (nSPS) is 14.5. The number of halogens is 3. The summed E-state index contributed by atoms with van der Waals surface area (Å²) >= 11 is 0. The van der Waals surface area contributed by atoms with E-state index >= 15 is 0 Å². The molecule has 0 saturated carbocycles. The lowest BCUT2D eigenvalue weighted by atomic mass is 10.0. The Bertz CT molecular complexity index is 432. The van der Waals surface area contributed by atoms with Gasteiger partial charge in [0.15, 0.2) is 0 Å². The van der Waals surface area contributed by atoms with Crippen molar-refractivity contribution >= 4 is 18.3 Å². The van der Waals surface area contributed by atoms with Crippen LogP contribution in [0.4, 0.5) is 8.78 Å². The number of hydrogen-bond acceptors (Lipinski definition) is 2. The largest absolute Gasteiger partial charge is 0.338 e. The lowest BCUT2D eigenvalue weighted by molar-refractivity contribution is -0.137. The summed E-state index contributed by atoms with van der Waals surface area (Å²) in [6.07, 6.45) is 0. The Labute approximate surface area is 117 Å². The number of nitrogens with one attached hydrogen (secondary N) is 1. The zero-order chi connectivity index (χ0) is 13.1. The molecule has 1 heterocycles. The van der Waals surface area contributed by atoms with Crippen LogP contribution in [0, 0.1) is 17.6 Å². The first-order chi connectivity index (χ1) is 8.63. The Hall–Kier alpha value is -1.20. The highest BCUT2D eigenvalue weighted by Gasteiger charge is 2.29. The Morgan fingerprint density at radius 1 is 1.37 bits per heavy atom. The maximum atomic E-state index is 13.5. The third-order valence-electron chi connectivity index (χ3n) is 3.23. The molecule has 0 unspecified atom stereocenters. The molecule has 1 aromatic carbocycles. The first kappa shape index (κ1) is 15.9. The smallest absolute Gasteiger partial charge is 0.228 e. The van der Waals surface area contributed by atoms with Gasteiger partial charge < -0.3 is 10.2 Å². The SMILES string of the molecule is CCN(Cc1c(F)cccc1F)C(=O)C1CNC1.Cl. The van der Waals surface area contributed by atoms with Crippen LogP contribution in [0.5, 0.6) is 0 Å². The highest BCUT2D eigenvalue weighted by atomic mass is 35.5. The Balaban J connectivity index is 0.00000180. The summed E-state index contributed by atoms with van der Waals surface area (Å²) in [5, 5.41) is 3.01. The third kappa shape index (κ3) is 3.42. The fourth-order valence-corrected chi connectivity index (χ4v) is 1.94. The molecule has 0 aromatic heterocycles. The first-order valence-electron chi connectivity index (χ1n) is 6.06. The second-order valence-corrected chi connectivity index (χ2v) is 4.41. The summed E-state index contributed by atoms with van der Waals surface area (Å²) in [5.74, 6) is -1.31. The highest BCUT2D eigenvalue weighted by Crippen LogP contribution is 2.17. The van der Waals surface area contributed by atoms with Gasteiger partial charge in [-0.15, -0.1) is 12.4 Å². The van der Waals surface area contributed by atoms with Gasteiger partial charge in [0.1, 0.15) is 11.6 Å². The number of amides is 1. The lowest BCUT2D eigenvalue weighted by Gasteiger charge is -2.32.